The minimum atomic E-state index is -1.72. The number of amides is 1. The number of nitrogens with zero attached hydrogens (tertiary/aromatic N) is 4. The van der Waals surface area contributed by atoms with E-state index in [0.717, 1.165) is 28.5 Å². The number of aliphatic hydroxyl groups is 1. The Balaban J connectivity index is 1.77. The molecule has 2 aromatic carbocycles. The van der Waals surface area contributed by atoms with Gasteiger partial charge in [-0.3, -0.25) is 10.2 Å². The van der Waals surface area contributed by atoms with Crippen molar-refractivity contribution in [1.29, 1.82) is 0 Å². The predicted molar refractivity (Wildman–Crippen MR) is 110 cm³/mol. The van der Waals surface area contributed by atoms with E-state index in [1.165, 1.54) is 5.01 Å². The smallest absolute Gasteiger partial charge is 0.333 e. The third kappa shape index (κ3) is 5.79. The highest BCUT2D eigenvalue weighted by atomic mass is 35.5. The Morgan fingerprint density at radius 2 is 1.94 bits per heavy atom. The molecule has 4 N–H and O–H groups in total. The highest BCUT2D eigenvalue weighted by Gasteiger charge is 2.21. The Morgan fingerprint density at radius 3 is 2.55 bits per heavy atom. The number of carbonyl (C=O) groups is 2. The van der Waals surface area contributed by atoms with Gasteiger partial charge in [0.25, 0.3) is 5.91 Å². The van der Waals surface area contributed by atoms with Crippen molar-refractivity contribution in [3.05, 3.63) is 70.5 Å². The van der Waals surface area contributed by atoms with Crippen molar-refractivity contribution in [1.82, 2.24) is 25.6 Å². The second kappa shape index (κ2) is 9.56. The summed E-state index contributed by atoms with van der Waals surface area (Å²) in [4.78, 5) is 23.7. The molecular formula is C20H20ClN5O5. The number of aliphatic carboxylic acids is 1. The summed E-state index contributed by atoms with van der Waals surface area (Å²) in [6.45, 7) is 1.72. The molecule has 162 valence electrons. The van der Waals surface area contributed by atoms with Gasteiger partial charge in [0.15, 0.2) is 11.8 Å². The fourth-order valence-electron chi connectivity index (χ4n) is 2.91. The molecule has 3 rings (SSSR count). The number of aliphatic hydroxyl groups excluding tert-OH is 1. The van der Waals surface area contributed by atoms with Crippen LogP contribution in [0.2, 0.25) is 5.02 Å². The number of aryl methyl sites for hydroxylation is 1. The van der Waals surface area contributed by atoms with Crippen molar-refractivity contribution in [3.63, 3.8) is 0 Å². The summed E-state index contributed by atoms with van der Waals surface area (Å²) in [7, 11) is 0. The summed E-state index contributed by atoms with van der Waals surface area (Å²) in [5.74, 6) is -2.14. The van der Waals surface area contributed by atoms with Gasteiger partial charge in [-0.2, -0.15) is 0 Å². The number of hydrogen-bond donors (Lipinski definition) is 4. The second-order valence-corrected chi connectivity index (χ2v) is 7.29. The molecule has 0 fully saturated rings. The van der Waals surface area contributed by atoms with Crippen LogP contribution >= 0.6 is 11.6 Å². The van der Waals surface area contributed by atoms with Gasteiger partial charge in [0.2, 0.25) is 0 Å². The zero-order valence-electron chi connectivity index (χ0n) is 16.4. The van der Waals surface area contributed by atoms with Crippen molar-refractivity contribution in [2.24, 2.45) is 0 Å². The van der Waals surface area contributed by atoms with Gasteiger partial charge >= 0.3 is 5.97 Å². The van der Waals surface area contributed by atoms with Crippen LogP contribution in [0.25, 0.3) is 11.1 Å². The Hall–Kier alpha value is -3.47. The SMILES string of the molecule is Cc1ccc(Cl)cc1-c1ccc(CN(CC(O)C(=O)O)NC(=O)c2cn(O)nn2)cc1. The molecule has 0 radical (unpaired) electrons. The van der Waals surface area contributed by atoms with Gasteiger partial charge in [0, 0.05) is 11.6 Å². The summed E-state index contributed by atoms with van der Waals surface area (Å²) < 4.78 is 0. The lowest BCUT2D eigenvalue weighted by atomic mass is 9.99. The van der Waals surface area contributed by atoms with Gasteiger partial charge in [-0.05, 0) is 46.5 Å². The lowest BCUT2D eigenvalue weighted by Crippen LogP contribution is -2.47. The average molecular weight is 446 g/mol. The van der Waals surface area contributed by atoms with Crippen LogP contribution in [0.4, 0.5) is 0 Å². The summed E-state index contributed by atoms with van der Waals surface area (Å²) in [5.41, 5.74) is 6.05. The second-order valence-electron chi connectivity index (χ2n) is 6.86. The maximum Gasteiger partial charge on any atom is 0.333 e. The fourth-order valence-corrected chi connectivity index (χ4v) is 3.08. The van der Waals surface area contributed by atoms with Crippen LogP contribution in [0.3, 0.4) is 0 Å². The number of carbonyl (C=O) groups excluding carboxylic acids is 1. The van der Waals surface area contributed by atoms with Crippen LogP contribution in [-0.4, -0.2) is 60.1 Å². The predicted octanol–water partition coefficient (Wildman–Crippen LogP) is 1.74. The number of hydrogen-bond acceptors (Lipinski definition) is 7. The van der Waals surface area contributed by atoms with Gasteiger partial charge in [-0.15, -0.1) is 5.10 Å². The normalized spacial score (nSPS) is 12.0. The molecule has 1 aromatic heterocycles. The van der Waals surface area contributed by atoms with Gasteiger partial charge < -0.3 is 15.4 Å². The highest BCUT2D eigenvalue weighted by Crippen LogP contribution is 2.27. The van der Waals surface area contributed by atoms with Crippen LogP contribution in [0.5, 0.6) is 0 Å². The zero-order valence-corrected chi connectivity index (χ0v) is 17.2. The quantitative estimate of drug-likeness (QED) is 0.303. The molecular weight excluding hydrogens is 426 g/mol. The number of rotatable bonds is 8. The van der Waals surface area contributed by atoms with Crippen molar-refractivity contribution >= 4 is 23.5 Å². The van der Waals surface area contributed by atoms with Crippen LogP contribution in [0, 0.1) is 6.92 Å². The summed E-state index contributed by atoms with van der Waals surface area (Å²) in [6.07, 6.45) is -0.731. The minimum absolute atomic E-state index is 0.109. The first-order valence-electron chi connectivity index (χ1n) is 9.17. The van der Waals surface area contributed by atoms with Crippen LogP contribution in [0.15, 0.2) is 48.7 Å². The van der Waals surface area contributed by atoms with Crippen LogP contribution in [0.1, 0.15) is 21.6 Å². The highest BCUT2D eigenvalue weighted by molar-refractivity contribution is 6.30. The summed E-state index contributed by atoms with van der Waals surface area (Å²) >= 11 is 6.10. The Morgan fingerprint density at radius 1 is 1.23 bits per heavy atom. The van der Waals surface area contributed by atoms with Gasteiger partial charge in [0.05, 0.1) is 12.7 Å². The topological polar surface area (TPSA) is 141 Å². The van der Waals surface area contributed by atoms with Crippen molar-refractivity contribution in [2.75, 3.05) is 6.54 Å². The van der Waals surface area contributed by atoms with Crippen molar-refractivity contribution < 1.29 is 25.0 Å². The first kappa shape index (κ1) is 22.2. The molecule has 11 heteroatoms. The maximum atomic E-state index is 12.3. The third-order valence-corrected chi connectivity index (χ3v) is 4.73. The summed E-state index contributed by atoms with van der Waals surface area (Å²) in [5, 5.41) is 36.5. The van der Waals surface area contributed by atoms with Crippen molar-refractivity contribution in [3.8, 4) is 11.1 Å². The monoisotopic (exact) mass is 445 g/mol. The molecule has 31 heavy (non-hydrogen) atoms. The largest absolute Gasteiger partial charge is 0.479 e. The standard InChI is InChI=1S/C20H20ClN5O5/c1-12-2-7-15(21)8-16(12)14-5-3-13(4-6-14)9-25(11-18(27)20(29)30)23-19(28)17-10-26(31)24-22-17/h2-8,10,18,27,31H,9,11H2,1H3,(H,23,28)(H,29,30). The van der Waals surface area contributed by atoms with E-state index in [4.69, 9.17) is 21.9 Å². The molecule has 0 saturated heterocycles. The summed E-state index contributed by atoms with van der Waals surface area (Å²) in [6, 6.07) is 13.0. The molecule has 0 bridgehead atoms. The molecule has 0 spiro atoms. The lowest BCUT2D eigenvalue weighted by Gasteiger charge is -2.24. The van der Waals surface area contributed by atoms with Crippen molar-refractivity contribution in [2.45, 2.75) is 19.6 Å². The molecule has 1 unspecified atom stereocenters. The zero-order chi connectivity index (χ0) is 22.5. The molecule has 0 aliphatic carbocycles. The van der Waals surface area contributed by atoms with Gasteiger partial charge in [-0.1, -0.05) is 46.8 Å². The molecule has 1 atom stereocenters. The Labute approximate surface area is 182 Å². The molecule has 3 aromatic rings. The Bertz CT molecular complexity index is 1090. The van der Waals surface area contributed by atoms with E-state index in [9.17, 15) is 14.7 Å². The number of benzene rings is 2. The molecule has 0 aliphatic heterocycles. The molecule has 1 amide bonds. The molecule has 10 nitrogen and oxygen atoms in total. The number of carboxylic acids is 1. The molecule has 1 heterocycles. The number of aromatic nitrogens is 3. The number of nitrogens with one attached hydrogen (secondary N) is 1. The third-order valence-electron chi connectivity index (χ3n) is 4.49. The van der Waals surface area contributed by atoms with Gasteiger partial charge in [-0.25, -0.2) is 9.80 Å². The van der Waals surface area contributed by atoms with Crippen LogP contribution in [-0.2, 0) is 11.3 Å². The number of halogens is 1. The van der Waals surface area contributed by atoms with E-state index < -0.39 is 18.0 Å². The number of hydrazine groups is 1. The van der Waals surface area contributed by atoms with E-state index in [0.29, 0.717) is 9.87 Å². The minimum Gasteiger partial charge on any atom is -0.479 e. The van der Waals surface area contributed by atoms with E-state index in [-0.39, 0.29) is 18.8 Å². The molecule has 0 saturated carbocycles. The van der Waals surface area contributed by atoms with E-state index in [2.05, 4.69) is 15.7 Å². The van der Waals surface area contributed by atoms with E-state index in [1.54, 1.807) is 0 Å². The lowest BCUT2D eigenvalue weighted by molar-refractivity contribution is -0.148. The first-order chi connectivity index (χ1) is 14.7. The van der Waals surface area contributed by atoms with E-state index >= 15 is 0 Å². The average Bonchev–Trinajstić information content (AvgIpc) is 3.17. The Kier molecular flexibility index (Phi) is 6.85. The first-order valence-corrected chi connectivity index (χ1v) is 9.54. The number of carboxylic acid groups (broad SMARTS) is 1. The molecule has 0 aliphatic rings. The van der Waals surface area contributed by atoms with Crippen LogP contribution < -0.4 is 5.43 Å². The van der Waals surface area contributed by atoms with Gasteiger partial charge in [0.1, 0.15) is 0 Å². The maximum absolute atomic E-state index is 12.3. The fraction of sp³-hybridized carbons (Fsp3) is 0.200. The van der Waals surface area contributed by atoms with E-state index in [1.807, 2.05) is 49.4 Å².